The van der Waals surface area contributed by atoms with Crippen molar-refractivity contribution in [2.45, 2.75) is 88.0 Å². The van der Waals surface area contributed by atoms with Gasteiger partial charge >= 0.3 is 5.97 Å². The number of methoxy groups -OCH3 is 1. The van der Waals surface area contributed by atoms with E-state index in [9.17, 15) is 61.3 Å². The van der Waals surface area contributed by atoms with E-state index < -0.39 is 61.3 Å². The van der Waals surface area contributed by atoms with Crippen molar-refractivity contribution in [1.82, 2.24) is 3.71 Å². The van der Waals surface area contributed by atoms with Gasteiger partial charge in [0.2, 0.25) is 20.0 Å². The summed E-state index contributed by atoms with van der Waals surface area (Å²) in [5, 5.41) is 0. The van der Waals surface area contributed by atoms with E-state index in [1.54, 1.807) is 39.5 Å². The molecule has 0 unspecified atom stereocenters. The number of rotatable bonds is 8. The molecule has 16 nitrogen and oxygen atoms in total. The van der Waals surface area contributed by atoms with Crippen molar-refractivity contribution in [3.63, 3.8) is 0 Å². The van der Waals surface area contributed by atoms with Gasteiger partial charge in [-0.05, 0) is 20.8 Å². The highest BCUT2D eigenvalue weighted by molar-refractivity contribution is 8.03. The number of ether oxygens (including phenoxy) is 1. The number of hydrogen-bond acceptors (Lipinski definition) is 15. The van der Waals surface area contributed by atoms with Crippen LogP contribution in [0, 0.1) is 0 Å². The molecular formula is C29H69NO15S6. The number of carbonyl (C=O) groups is 4. The second-order valence-corrected chi connectivity index (χ2v) is 22.2. The highest BCUT2D eigenvalue weighted by Crippen LogP contribution is 1.98. The summed E-state index contributed by atoms with van der Waals surface area (Å²) in [6.45, 7) is 15.5. The van der Waals surface area contributed by atoms with Crippen molar-refractivity contribution in [1.29, 1.82) is 0 Å². The largest absolute Gasteiger partial charge is 0.469 e. The third-order valence-electron chi connectivity index (χ3n) is 3.67. The number of ketones is 3. The van der Waals surface area contributed by atoms with Crippen molar-refractivity contribution in [3.05, 3.63) is 0 Å². The van der Waals surface area contributed by atoms with E-state index in [1.165, 1.54) is 27.2 Å². The van der Waals surface area contributed by atoms with Crippen molar-refractivity contribution in [2.75, 3.05) is 75.7 Å². The lowest BCUT2D eigenvalue weighted by Gasteiger charge is -2.09. The molecule has 0 spiro atoms. The predicted molar refractivity (Wildman–Crippen MR) is 213 cm³/mol. The van der Waals surface area contributed by atoms with E-state index in [4.69, 9.17) is 0 Å². The summed E-state index contributed by atoms with van der Waals surface area (Å²) in [6.07, 6.45) is 12.7. The first-order valence-corrected chi connectivity index (χ1v) is 26.7. The maximum atomic E-state index is 10.5. The highest BCUT2D eigenvalue weighted by atomic mass is 32.3. The quantitative estimate of drug-likeness (QED) is 0.318. The van der Waals surface area contributed by atoms with Crippen LogP contribution in [0.3, 0.4) is 0 Å². The molecule has 0 saturated heterocycles. The third kappa shape index (κ3) is 161. The summed E-state index contributed by atoms with van der Waals surface area (Å²) in [4.78, 5) is 39.4. The van der Waals surface area contributed by atoms with Crippen LogP contribution in [0.1, 0.15) is 88.0 Å². The van der Waals surface area contributed by atoms with Crippen molar-refractivity contribution in [2.24, 2.45) is 0 Å². The minimum atomic E-state index is -3.62. The number of sulfone groups is 2. The summed E-state index contributed by atoms with van der Waals surface area (Å²) in [5.41, 5.74) is 0. The Kier molecular flexibility index (Phi) is 59.8. The summed E-state index contributed by atoms with van der Waals surface area (Å²) in [6, 6.07) is 0. The maximum Gasteiger partial charge on any atom is 0.305 e. The first-order chi connectivity index (χ1) is 22.3. The molecule has 1 atom stereocenters. The fraction of sp³-hybridized carbons (Fsp3) is 0.862. The molecule has 51 heavy (non-hydrogen) atoms. The van der Waals surface area contributed by atoms with Gasteiger partial charge in [-0.25, -0.2) is 33.7 Å². The number of sulfonamides is 2. The normalized spacial score (nSPS) is 10.5. The molecule has 0 saturated carbocycles. The van der Waals surface area contributed by atoms with Gasteiger partial charge in [0.1, 0.15) is 37.0 Å². The lowest BCUT2D eigenvalue weighted by molar-refractivity contribution is -0.140. The smallest absolute Gasteiger partial charge is 0.305 e. The second kappa shape index (κ2) is 42.9. The van der Waals surface area contributed by atoms with Crippen LogP contribution in [0.25, 0.3) is 0 Å². The first-order valence-electron chi connectivity index (χ1n) is 14.9. The Morgan fingerprint density at radius 3 is 0.804 bits per heavy atom. The molecule has 0 heterocycles. The first kappa shape index (κ1) is 71.0. The molecular weight excluding hydrogens is 795 g/mol. The molecule has 0 aliphatic rings. The Morgan fingerprint density at radius 1 is 0.608 bits per heavy atom. The Labute approximate surface area is 316 Å². The van der Waals surface area contributed by atoms with Gasteiger partial charge in [0.15, 0.2) is 0 Å². The fourth-order valence-electron chi connectivity index (χ4n) is 0.640. The molecule has 0 aliphatic heterocycles. The van der Waals surface area contributed by atoms with Gasteiger partial charge in [-0.1, -0.05) is 45.3 Å². The number of nitrogens with zero attached hydrogens (tertiary/aromatic N) is 1. The van der Waals surface area contributed by atoms with E-state index in [-0.39, 0.29) is 23.3 Å². The van der Waals surface area contributed by atoms with Crippen LogP contribution in [-0.2, 0) is 85.2 Å². The molecule has 0 aromatic carbocycles. The molecule has 0 aromatic rings. The van der Waals surface area contributed by atoms with Gasteiger partial charge in [-0.2, -0.15) is 0 Å². The molecule has 0 N–H and O–H groups in total. The summed E-state index contributed by atoms with van der Waals surface area (Å²) in [7, 11) is -11.4. The lowest BCUT2D eigenvalue weighted by Crippen LogP contribution is -2.31. The van der Waals surface area contributed by atoms with Crippen LogP contribution < -0.4 is 0 Å². The van der Waals surface area contributed by atoms with Crippen LogP contribution in [0.5, 0.6) is 0 Å². The van der Waals surface area contributed by atoms with Gasteiger partial charge in [0, 0.05) is 103 Å². The van der Waals surface area contributed by atoms with Crippen molar-refractivity contribution >= 4 is 84.6 Å². The Hall–Kier alpha value is -1.46. The Morgan fingerprint density at radius 2 is 0.804 bits per heavy atom. The van der Waals surface area contributed by atoms with E-state index in [1.807, 2.05) is 27.7 Å². The van der Waals surface area contributed by atoms with Gasteiger partial charge in [-0.15, -0.1) is 0 Å². The summed E-state index contributed by atoms with van der Waals surface area (Å²) >= 11 is 0. The topological polar surface area (TPSA) is 251 Å². The molecule has 0 radical (unpaired) electrons. The zero-order chi connectivity index (χ0) is 44.0. The maximum absolute atomic E-state index is 10.5. The Balaban J connectivity index is -0.0000000565. The molecule has 0 bridgehead atoms. The van der Waals surface area contributed by atoms with Crippen LogP contribution >= 0.6 is 0 Å². The molecule has 0 aliphatic carbocycles. The average Bonchev–Trinajstić information content (AvgIpc) is 2.94. The predicted octanol–water partition coefficient (Wildman–Crippen LogP) is 2.45. The minimum absolute atomic E-state index is 0.157. The zero-order valence-corrected chi connectivity index (χ0v) is 39.2. The molecule has 0 rings (SSSR count). The van der Waals surface area contributed by atoms with Gasteiger partial charge in [0.25, 0.3) is 0 Å². The number of carbonyl (C=O) groups excluding carboxylic acids is 4. The number of esters is 1. The van der Waals surface area contributed by atoms with Crippen molar-refractivity contribution < 1.29 is 66.0 Å². The standard InChI is InChI=1S/C5H10O.C4H8O2.C4H8O.C3H9NO4S2.C3H8O2S.C3H8OS.C3H6O.C2H6O2S.C2H6OS/c1-3-5(6)4-2;1-3-4(5)6-2;1-3-4(2)5;1-4(9(2,5)6)10(3,7)8;1-3-6(2,4)5;1-3-5(2)4;1-3(2)4;1-5(2,3)4;1-4(2)3/h3-4H2,1-2H3;3H2,1-2H3;3H2,1-2H3;1-3H3;3H2,1-2H3;3H2,1-2H3;1-2H3;1-2H3;1-2H3/t;;;;;5-;;;/m.....0.../s1. The lowest BCUT2D eigenvalue weighted by atomic mass is 10.3. The van der Waals surface area contributed by atoms with Gasteiger partial charge < -0.3 is 14.3 Å². The van der Waals surface area contributed by atoms with Crippen molar-refractivity contribution in [3.8, 4) is 0 Å². The summed E-state index contributed by atoms with van der Waals surface area (Å²) < 4.78 is 105. The van der Waals surface area contributed by atoms with E-state index >= 15 is 0 Å². The van der Waals surface area contributed by atoms with Crippen LogP contribution in [0.15, 0.2) is 0 Å². The number of hydrogen-bond donors (Lipinski definition) is 0. The minimum Gasteiger partial charge on any atom is -0.469 e. The van der Waals surface area contributed by atoms with E-state index in [2.05, 4.69) is 4.74 Å². The molecule has 0 fully saturated rings. The van der Waals surface area contributed by atoms with E-state index in [0.717, 1.165) is 37.8 Å². The van der Waals surface area contributed by atoms with Crippen LogP contribution in [0.4, 0.5) is 0 Å². The molecule has 316 valence electrons. The van der Waals surface area contributed by atoms with Gasteiger partial charge in [-0.3, -0.25) is 18.0 Å². The molecule has 0 amide bonds. The van der Waals surface area contributed by atoms with Gasteiger partial charge in [0.05, 0.1) is 19.6 Å². The highest BCUT2D eigenvalue weighted by Gasteiger charge is 2.20. The van der Waals surface area contributed by atoms with Crippen LogP contribution in [0.2, 0.25) is 0 Å². The number of Topliss-reactive ketones (excluding diaryl/α,β-unsaturated/α-hetero) is 3. The van der Waals surface area contributed by atoms with E-state index in [0.29, 0.717) is 35.2 Å². The summed E-state index contributed by atoms with van der Waals surface area (Å²) in [5.74, 6) is 1.63. The monoisotopic (exact) mass is 863 g/mol. The Bertz CT molecular complexity index is 1270. The molecule has 0 aromatic heterocycles. The average molecular weight is 864 g/mol. The molecule has 22 heteroatoms. The third-order valence-corrected chi connectivity index (χ3v) is 9.02. The second-order valence-electron chi connectivity index (χ2n) is 10.0. The SMILES string of the molecule is CC(C)=O.CCC(=O)CC.CCC(=O)OC.CCC(C)=O.CCS(C)(=O)=O.CC[S@](C)=O.CN(S(C)(=O)=O)S(C)(=O)=O.CS(C)(=O)=O.CS(C)=O. The van der Waals surface area contributed by atoms with Crippen LogP contribution in [-0.4, -0.2) is 145 Å². The zero-order valence-electron chi connectivity index (χ0n) is 34.3. The fourth-order valence-corrected chi connectivity index (χ4v) is 2.61.